The summed E-state index contributed by atoms with van der Waals surface area (Å²) in [6.45, 7) is 3.72. The maximum atomic E-state index is 14.2. The van der Waals surface area contributed by atoms with Crippen molar-refractivity contribution in [3.63, 3.8) is 0 Å². The summed E-state index contributed by atoms with van der Waals surface area (Å²) in [4.78, 5) is 11.9. The Morgan fingerprint density at radius 3 is 2.89 bits per heavy atom. The zero-order valence-electron chi connectivity index (χ0n) is 10.1. The number of carbonyl (C=O) groups is 1. The largest absolute Gasteiger partial charge is 0.331 e. The minimum atomic E-state index is -0.433. The van der Waals surface area contributed by atoms with Gasteiger partial charge in [-0.2, -0.15) is 0 Å². The monoisotopic (exact) mass is 266 g/mol. The number of aryl methyl sites for hydroxylation is 1. The van der Waals surface area contributed by atoms with Gasteiger partial charge in [0.1, 0.15) is 11.7 Å². The molecule has 94 valence electrons. The Balaban J connectivity index is 2.47. The van der Waals surface area contributed by atoms with E-state index >= 15 is 0 Å². The molecule has 5 heteroatoms. The molecule has 0 fully saturated rings. The van der Waals surface area contributed by atoms with Crippen molar-refractivity contribution in [2.24, 2.45) is 0 Å². The summed E-state index contributed by atoms with van der Waals surface area (Å²) >= 11 is 5.73. The number of benzene rings is 1. The van der Waals surface area contributed by atoms with Crippen LogP contribution in [0.4, 0.5) is 10.1 Å². The Morgan fingerprint density at radius 2 is 2.22 bits per heavy atom. The first kappa shape index (κ1) is 11.5. The van der Waals surface area contributed by atoms with E-state index in [2.05, 4.69) is 5.32 Å². The number of alkyl halides is 1. The molecule has 0 bridgehead atoms. The number of rotatable bonds is 1. The van der Waals surface area contributed by atoms with Gasteiger partial charge < -0.3 is 9.88 Å². The predicted molar refractivity (Wildman–Crippen MR) is 69.5 cm³/mol. The highest BCUT2D eigenvalue weighted by molar-refractivity contribution is 6.17. The third kappa shape index (κ3) is 1.32. The average molecular weight is 267 g/mol. The second-order valence-electron chi connectivity index (χ2n) is 4.62. The maximum Gasteiger partial charge on any atom is 0.247 e. The summed E-state index contributed by atoms with van der Waals surface area (Å²) in [7, 11) is 0. The van der Waals surface area contributed by atoms with Crippen molar-refractivity contribution in [3.05, 3.63) is 29.2 Å². The second-order valence-corrected chi connectivity index (χ2v) is 4.88. The van der Waals surface area contributed by atoms with Gasteiger partial charge in [0, 0.05) is 16.6 Å². The van der Waals surface area contributed by atoms with Gasteiger partial charge in [-0.25, -0.2) is 4.39 Å². The summed E-state index contributed by atoms with van der Waals surface area (Å²) in [5.74, 6) is -0.546. The fourth-order valence-corrected chi connectivity index (χ4v) is 2.82. The van der Waals surface area contributed by atoms with Crippen LogP contribution in [0.1, 0.15) is 24.2 Å². The lowest BCUT2D eigenvalue weighted by Crippen LogP contribution is -2.29. The van der Waals surface area contributed by atoms with Gasteiger partial charge in [-0.3, -0.25) is 4.79 Å². The van der Waals surface area contributed by atoms with Gasteiger partial charge in [0.05, 0.1) is 11.4 Å². The molecule has 1 atom stereocenters. The van der Waals surface area contributed by atoms with Crippen molar-refractivity contribution in [3.8, 4) is 0 Å². The molecular formula is C13H12ClFN2O. The molecule has 2 heterocycles. The lowest BCUT2D eigenvalue weighted by molar-refractivity contribution is -0.119. The topological polar surface area (TPSA) is 34.0 Å². The summed E-state index contributed by atoms with van der Waals surface area (Å²) in [5, 5.41) is 3.55. The molecule has 1 aromatic heterocycles. The van der Waals surface area contributed by atoms with Gasteiger partial charge >= 0.3 is 0 Å². The van der Waals surface area contributed by atoms with E-state index in [9.17, 15) is 9.18 Å². The second kappa shape index (κ2) is 3.72. The fraction of sp³-hybridized carbons (Fsp3) is 0.308. The third-order valence-electron chi connectivity index (χ3n) is 3.49. The number of nitrogens with one attached hydrogen (secondary N) is 1. The van der Waals surface area contributed by atoms with Crippen LogP contribution in [0.3, 0.4) is 0 Å². The van der Waals surface area contributed by atoms with Crippen molar-refractivity contribution >= 4 is 34.1 Å². The molecule has 0 radical (unpaired) electrons. The molecule has 1 N–H and O–H groups in total. The molecule has 1 amide bonds. The highest BCUT2D eigenvalue weighted by Crippen LogP contribution is 2.37. The number of carbonyl (C=O) groups excluding carboxylic acids is 1. The van der Waals surface area contributed by atoms with Gasteiger partial charge in [0.25, 0.3) is 0 Å². The SMILES string of the molecule is Cc1cc2cc(CCl)c(F)c3c2n1[C@H](C)C(=O)N3. The minimum Gasteiger partial charge on any atom is -0.331 e. The molecule has 1 aliphatic rings. The quantitative estimate of drug-likeness (QED) is 0.789. The van der Waals surface area contributed by atoms with Gasteiger partial charge in [0.2, 0.25) is 5.91 Å². The summed E-state index contributed by atoms with van der Waals surface area (Å²) in [6.07, 6.45) is 0. The van der Waals surface area contributed by atoms with Crippen LogP contribution in [0, 0.1) is 12.7 Å². The molecule has 2 aromatic rings. The number of halogens is 2. The van der Waals surface area contributed by atoms with Gasteiger partial charge in [-0.1, -0.05) is 0 Å². The van der Waals surface area contributed by atoms with E-state index in [1.807, 2.05) is 17.6 Å². The van der Waals surface area contributed by atoms with Crippen molar-refractivity contribution in [2.45, 2.75) is 25.8 Å². The Hall–Kier alpha value is -1.55. The van der Waals surface area contributed by atoms with Crippen molar-refractivity contribution in [2.75, 3.05) is 5.32 Å². The van der Waals surface area contributed by atoms with Crippen LogP contribution < -0.4 is 5.32 Å². The normalized spacial score (nSPS) is 18.2. The van der Waals surface area contributed by atoms with Crippen LogP contribution >= 0.6 is 11.6 Å². The molecule has 3 nitrogen and oxygen atoms in total. The highest BCUT2D eigenvalue weighted by atomic mass is 35.5. The van der Waals surface area contributed by atoms with Crippen molar-refractivity contribution in [1.82, 2.24) is 4.57 Å². The zero-order valence-corrected chi connectivity index (χ0v) is 10.8. The minimum absolute atomic E-state index is 0.0877. The van der Waals surface area contributed by atoms with E-state index in [1.54, 1.807) is 13.0 Å². The Kier molecular flexibility index (Phi) is 2.38. The number of hydrogen-bond acceptors (Lipinski definition) is 1. The smallest absolute Gasteiger partial charge is 0.247 e. The van der Waals surface area contributed by atoms with Crippen LogP contribution in [0.25, 0.3) is 10.9 Å². The molecule has 1 aliphatic heterocycles. The Morgan fingerprint density at radius 1 is 1.50 bits per heavy atom. The number of anilines is 1. The van der Waals surface area contributed by atoms with Crippen LogP contribution in [0.5, 0.6) is 0 Å². The van der Waals surface area contributed by atoms with E-state index in [-0.39, 0.29) is 23.5 Å². The standard InChI is InChI=1S/C13H12ClFN2O/c1-6-3-8-4-9(5-14)10(15)11-12(8)17(6)7(2)13(18)16-11/h3-4,7H,5H2,1-2H3,(H,16,18)/t7-/m1/s1. The van der Waals surface area contributed by atoms with E-state index < -0.39 is 5.82 Å². The lowest BCUT2D eigenvalue weighted by Gasteiger charge is -2.25. The molecule has 0 saturated carbocycles. The zero-order chi connectivity index (χ0) is 13.0. The Labute approximate surface area is 109 Å². The summed E-state index contributed by atoms with van der Waals surface area (Å²) in [6, 6.07) is 3.37. The first-order valence-corrected chi connectivity index (χ1v) is 6.27. The molecule has 3 rings (SSSR count). The molecule has 1 aromatic carbocycles. The third-order valence-corrected chi connectivity index (χ3v) is 3.77. The number of aromatic nitrogens is 1. The molecule has 18 heavy (non-hydrogen) atoms. The Bertz CT molecular complexity index is 677. The summed E-state index contributed by atoms with van der Waals surface area (Å²) in [5.41, 5.74) is 2.34. The predicted octanol–water partition coefficient (Wildman–Crippen LogP) is 3.34. The van der Waals surface area contributed by atoms with Gasteiger partial charge in [-0.05, 0) is 26.0 Å². The summed E-state index contributed by atoms with van der Waals surface area (Å²) < 4.78 is 16.1. The van der Waals surface area contributed by atoms with Crippen molar-refractivity contribution in [1.29, 1.82) is 0 Å². The van der Waals surface area contributed by atoms with Crippen molar-refractivity contribution < 1.29 is 9.18 Å². The van der Waals surface area contributed by atoms with Crippen LogP contribution in [-0.4, -0.2) is 10.5 Å². The maximum absolute atomic E-state index is 14.2. The fourth-order valence-electron chi connectivity index (χ4n) is 2.62. The van der Waals surface area contributed by atoms with E-state index in [4.69, 9.17) is 11.6 Å². The number of amides is 1. The van der Waals surface area contributed by atoms with Crippen LogP contribution in [0.2, 0.25) is 0 Å². The van der Waals surface area contributed by atoms with Crippen LogP contribution in [0.15, 0.2) is 12.1 Å². The highest BCUT2D eigenvalue weighted by Gasteiger charge is 2.29. The first-order chi connectivity index (χ1) is 8.54. The number of nitrogens with zero attached hydrogens (tertiary/aromatic N) is 1. The van der Waals surface area contributed by atoms with E-state index in [0.717, 1.165) is 16.6 Å². The lowest BCUT2D eigenvalue weighted by atomic mass is 10.1. The average Bonchev–Trinajstić information content (AvgIpc) is 2.67. The van der Waals surface area contributed by atoms with Gasteiger partial charge in [-0.15, -0.1) is 11.6 Å². The van der Waals surface area contributed by atoms with E-state index in [1.165, 1.54) is 0 Å². The molecular weight excluding hydrogens is 255 g/mol. The van der Waals surface area contributed by atoms with Crippen LogP contribution in [-0.2, 0) is 10.7 Å². The first-order valence-electron chi connectivity index (χ1n) is 5.74. The van der Waals surface area contributed by atoms with Gasteiger partial charge in [0.15, 0.2) is 5.82 Å². The molecule has 0 saturated heterocycles. The molecule has 0 unspecified atom stereocenters. The van der Waals surface area contributed by atoms with E-state index in [0.29, 0.717) is 5.56 Å². The molecule has 0 aliphatic carbocycles. The molecule has 0 spiro atoms. The number of hydrogen-bond donors (Lipinski definition) is 1.